The number of nitrogens with one attached hydrogen (secondary N) is 2. The number of hydrogen-bond acceptors (Lipinski definition) is 7. The molecule has 0 aliphatic heterocycles. The van der Waals surface area contributed by atoms with E-state index in [9.17, 15) is 19.7 Å². The highest BCUT2D eigenvalue weighted by atomic mass is 35.5. The van der Waals surface area contributed by atoms with E-state index in [0.29, 0.717) is 5.56 Å². The van der Waals surface area contributed by atoms with Gasteiger partial charge in [-0.05, 0) is 6.07 Å². The fraction of sp³-hybridized carbons (Fsp3) is 0.111. The molecule has 0 radical (unpaired) electrons. The molecule has 148 valence electrons. The molecule has 0 saturated carbocycles. The summed E-state index contributed by atoms with van der Waals surface area (Å²) in [6.45, 7) is 0.190. The number of carbonyl (C=O) groups excluding carboxylic acids is 2. The van der Waals surface area contributed by atoms with Gasteiger partial charge in [0, 0.05) is 30.8 Å². The van der Waals surface area contributed by atoms with Crippen molar-refractivity contribution in [1.82, 2.24) is 20.8 Å². The minimum Gasteiger partial charge on any atom is -0.350 e. The summed E-state index contributed by atoms with van der Waals surface area (Å²) in [7, 11) is 0. The maximum atomic E-state index is 12.1. The molecular formula is C18H14ClN5O5. The van der Waals surface area contributed by atoms with Crippen LogP contribution in [-0.2, 0) is 0 Å². The Morgan fingerprint density at radius 2 is 1.76 bits per heavy atom. The number of amides is 2. The van der Waals surface area contributed by atoms with Crippen molar-refractivity contribution in [3.63, 3.8) is 0 Å². The van der Waals surface area contributed by atoms with Crippen LogP contribution in [0.5, 0.6) is 0 Å². The molecule has 10 nitrogen and oxygen atoms in total. The zero-order chi connectivity index (χ0) is 20.8. The van der Waals surface area contributed by atoms with Crippen LogP contribution in [-0.4, -0.2) is 40.0 Å². The first-order valence-corrected chi connectivity index (χ1v) is 8.73. The minimum atomic E-state index is -0.607. The lowest BCUT2D eigenvalue weighted by Gasteiger charge is -2.07. The van der Waals surface area contributed by atoms with E-state index >= 15 is 0 Å². The Kier molecular flexibility index (Phi) is 6.15. The summed E-state index contributed by atoms with van der Waals surface area (Å²) in [5, 5.41) is 19.5. The predicted octanol–water partition coefficient (Wildman–Crippen LogP) is 2.46. The van der Waals surface area contributed by atoms with E-state index in [1.807, 2.05) is 18.2 Å². The number of nitrogens with zero attached hydrogens (tertiary/aromatic N) is 3. The van der Waals surface area contributed by atoms with Crippen LogP contribution in [0.25, 0.3) is 11.4 Å². The fourth-order valence-electron chi connectivity index (χ4n) is 2.34. The average Bonchev–Trinajstić information content (AvgIpc) is 3.22. The second kappa shape index (κ2) is 8.93. The summed E-state index contributed by atoms with van der Waals surface area (Å²) in [5.41, 5.74) is 0.587. The molecule has 3 rings (SSSR count). The van der Waals surface area contributed by atoms with Crippen LogP contribution < -0.4 is 10.6 Å². The van der Waals surface area contributed by atoms with Crippen molar-refractivity contribution in [1.29, 1.82) is 0 Å². The molecule has 0 fully saturated rings. The number of non-ortho nitro benzene ring substituents is 1. The van der Waals surface area contributed by atoms with Gasteiger partial charge in [0.05, 0.1) is 15.5 Å². The van der Waals surface area contributed by atoms with Gasteiger partial charge in [-0.25, -0.2) is 0 Å². The Balaban J connectivity index is 1.49. The molecule has 2 N–H and O–H groups in total. The Hall–Kier alpha value is -3.79. The lowest BCUT2D eigenvalue weighted by molar-refractivity contribution is -0.384. The van der Waals surface area contributed by atoms with Gasteiger partial charge in [0.25, 0.3) is 11.6 Å². The van der Waals surface area contributed by atoms with E-state index in [2.05, 4.69) is 20.8 Å². The molecule has 0 bridgehead atoms. The molecule has 2 aromatic carbocycles. The predicted molar refractivity (Wildman–Crippen MR) is 103 cm³/mol. The van der Waals surface area contributed by atoms with Gasteiger partial charge in [-0.3, -0.25) is 19.7 Å². The summed E-state index contributed by atoms with van der Waals surface area (Å²) in [6.07, 6.45) is 0. The first kappa shape index (κ1) is 20.0. The van der Waals surface area contributed by atoms with Crippen LogP contribution >= 0.6 is 11.6 Å². The number of hydrogen-bond donors (Lipinski definition) is 2. The number of halogens is 1. The van der Waals surface area contributed by atoms with E-state index in [1.54, 1.807) is 12.1 Å². The van der Waals surface area contributed by atoms with Crippen LogP contribution in [0.15, 0.2) is 53.1 Å². The highest BCUT2D eigenvalue weighted by Gasteiger charge is 2.17. The first-order chi connectivity index (χ1) is 14.0. The molecule has 0 aliphatic rings. The maximum Gasteiger partial charge on any atom is 0.316 e. The van der Waals surface area contributed by atoms with Crippen molar-refractivity contribution in [3.05, 3.63) is 75.1 Å². The third-order valence-corrected chi connectivity index (χ3v) is 4.07. The fourth-order valence-corrected chi connectivity index (χ4v) is 2.61. The highest BCUT2D eigenvalue weighted by Crippen LogP contribution is 2.22. The van der Waals surface area contributed by atoms with Gasteiger partial charge >= 0.3 is 11.8 Å². The monoisotopic (exact) mass is 415 g/mol. The molecule has 2 amide bonds. The largest absolute Gasteiger partial charge is 0.350 e. The van der Waals surface area contributed by atoms with Gasteiger partial charge in [-0.2, -0.15) is 4.98 Å². The first-order valence-electron chi connectivity index (χ1n) is 8.35. The standard InChI is InChI=1S/C18H14ClN5O5/c19-14-10-12(24(27)28)6-7-13(14)16(25)20-8-9-21-17(26)18-22-15(23-29-18)11-4-2-1-3-5-11/h1-7,10H,8-9H2,(H,20,25)(H,21,26). The lowest BCUT2D eigenvalue weighted by atomic mass is 10.2. The number of carbonyl (C=O) groups is 2. The number of rotatable bonds is 7. The minimum absolute atomic E-state index is 0.0416. The van der Waals surface area contributed by atoms with Crippen molar-refractivity contribution >= 4 is 29.1 Å². The summed E-state index contributed by atoms with van der Waals surface area (Å²) in [6, 6.07) is 12.6. The molecule has 0 unspecified atom stereocenters. The average molecular weight is 416 g/mol. The molecule has 1 aromatic heterocycles. The van der Waals surface area contributed by atoms with E-state index < -0.39 is 16.7 Å². The molecule has 0 spiro atoms. The zero-order valence-corrected chi connectivity index (χ0v) is 15.5. The number of benzene rings is 2. The number of aromatic nitrogens is 2. The third-order valence-electron chi connectivity index (χ3n) is 3.76. The normalized spacial score (nSPS) is 10.4. The summed E-state index contributed by atoms with van der Waals surface area (Å²) in [4.78, 5) is 38.3. The van der Waals surface area contributed by atoms with Crippen molar-refractivity contribution in [3.8, 4) is 11.4 Å². The Morgan fingerprint density at radius 3 is 2.41 bits per heavy atom. The van der Waals surface area contributed by atoms with Gasteiger partial charge in [0.1, 0.15) is 0 Å². The van der Waals surface area contributed by atoms with E-state index in [-0.39, 0.29) is 41.1 Å². The Morgan fingerprint density at radius 1 is 1.07 bits per heavy atom. The molecular weight excluding hydrogens is 402 g/mol. The summed E-state index contributed by atoms with van der Waals surface area (Å²) in [5.74, 6) is -1.02. The van der Waals surface area contributed by atoms with Crippen molar-refractivity contribution in [2.75, 3.05) is 13.1 Å². The van der Waals surface area contributed by atoms with E-state index in [0.717, 1.165) is 6.07 Å². The van der Waals surface area contributed by atoms with Gasteiger partial charge < -0.3 is 15.2 Å². The molecule has 0 saturated heterocycles. The number of nitro groups is 1. The second-order valence-corrected chi connectivity index (χ2v) is 6.13. The number of nitro benzene ring substituents is 1. The van der Waals surface area contributed by atoms with Gasteiger partial charge in [0.2, 0.25) is 5.82 Å². The highest BCUT2D eigenvalue weighted by molar-refractivity contribution is 6.34. The van der Waals surface area contributed by atoms with Crippen LogP contribution in [0.1, 0.15) is 21.0 Å². The van der Waals surface area contributed by atoms with E-state index in [4.69, 9.17) is 16.1 Å². The van der Waals surface area contributed by atoms with Gasteiger partial charge in [-0.1, -0.05) is 47.1 Å². The third kappa shape index (κ3) is 4.93. The topological polar surface area (TPSA) is 140 Å². The van der Waals surface area contributed by atoms with Crippen molar-refractivity contribution in [2.45, 2.75) is 0 Å². The second-order valence-electron chi connectivity index (χ2n) is 5.72. The molecule has 0 atom stereocenters. The summed E-state index contributed by atoms with van der Waals surface area (Å²) < 4.78 is 4.94. The van der Waals surface area contributed by atoms with Gasteiger partial charge in [0.15, 0.2) is 0 Å². The quantitative estimate of drug-likeness (QED) is 0.343. The summed E-state index contributed by atoms with van der Waals surface area (Å²) >= 11 is 5.90. The Labute approximate surface area is 169 Å². The molecule has 1 heterocycles. The van der Waals surface area contributed by atoms with Crippen LogP contribution in [0.4, 0.5) is 5.69 Å². The molecule has 29 heavy (non-hydrogen) atoms. The molecule has 0 aliphatic carbocycles. The maximum absolute atomic E-state index is 12.1. The Bertz CT molecular complexity index is 1050. The zero-order valence-electron chi connectivity index (χ0n) is 14.8. The molecule has 11 heteroatoms. The van der Waals surface area contributed by atoms with Crippen LogP contribution in [0, 0.1) is 10.1 Å². The SMILES string of the molecule is O=C(NCCNC(=O)c1ccc([N+](=O)[O-])cc1Cl)c1nc(-c2ccccc2)no1. The van der Waals surface area contributed by atoms with Crippen molar-refractivity contribution in [2.24, 2.45) is 0 Å². The smallest absolute Gasteiger partial charge is 0.316 e. The van der Waals surface area contributed by atoms with Crippen LogP contribution in [0.3, 0.4) is 0 Å². The van der Waals surface area contributed by atoms with Crippen LogP contribution in [0.2, 0.25) is 5.02 Å². The molecule has 3 aromatic rings. The van der Waals surface area contributed by atoms with E-state index in [1.165, 1.54) is 12.1 Å². The lowest BCUT2D eigenvalue weighted by Crippen LogP contribution is -2.34. The van der Waals surface area contributed by atoms with Crippen molar-refractivity contribution < 1.29 is 19.0 Å². The van der Waals surface area contributed by atoms with Gasteiger partial charge in [-0.15, -0.1) is 0 Å².